The maximum Gasteiger partial charge on any atom is 0.408 e. The van der Waals surface area contributed by atoms with Gasteiger partial charge in [-0.05, 0) is 71.6 Å². The molecule has 0 saturated heterocycles. The number of rotatable bonds is 12. The molecular weight excluding hydrogens is 522 g/mol. The normalized spacial score (nSPS) is 12.8. The molecule has 0 aliphatic carbocycles. The molecule has 0 aromatic heterocycles. The number of hydrogen-bond donors (Lipinski definition) is 3. The number of nitrogens with one attached hydrogen (secondary N) is 2. The van der Waals surface area contributed by atoms with Crippen LogP contribution in [0.2, 0.25) is 0 Å². The lowest BCUT2D eigenvalue weighted by atomic mass is 9.97. The molecule has 0 aliphatic heterocycles. The van der Waals surface area contributed by atoms with E-state index < -0.39 is 23.8 Å². The van der Waals surface area contributed by atoms with Gasteiger partial charge in [0.05, 0.1) is 0 Å². The van der Waals surface area contributed by atoms with Crippen LogP contribution in [-0.4, -0.2) is 46.7 Å². The number of aryl methyl sites for hydroxylation is 4. The third kappa shape index (κ3) is 9.88. The van der Waals surface area contributed by atoms with Crippen LogP contribution in [0.3, 0.4) is 0 Å². The van der Waals surface area contributed by atoms with Crippen molar-refractivity contribution in [3.8, 4) is 0 Å². The van der Waals surface area contributed by atoms with Crippen molar-refractivity contribution in [2.75, 3.05) is 17.6 Å². The van der Waals surface area contributed by atoms with Crippen molar-refractivity contribution in [2.45, 2.75) is 98.8 Å². The van der Waals surface area contributed by atoms with Crippen molar-refractivity contribution in [1.29, 1.82) is 0 Å². The maximum absolute atomic E-state index is 14.2. The molecule has 3 amide bonds. The van der Waals surface area contributed by atoms with Gasteiger partial charge >= 0.3 is 6.09 Å². The summed E-state index contributed by atoms with van der Waals surface area (Å²) in [5.41, 5.74) is 4.60. The van der Waals surface area contributed by atoms with Gasteiger partial charge in [0.2, 0.25) is 5.91 Å². The minimum absolute atomic E-state index is 0.0572. The number of unbranched alkanes of at least 4 members (excludes halogenated alkanes) is 3. The highest BCUT2D eigenvalue weighted by Crippen LogP contribution is 2.29. The van der Waals surface area contributed by atoms with Crippen LogP contribution in [0, 0.1) is 27.7 Å². The van der Waals surface area contributed by atoms with Gasteiger partial charge in [-0.2, -0.15) is 12.6 Å². The highest BCUT2D eigenvalue weighted by molar-refractivity contribution is 7.80. The van der Waals surface area contributed by atoms with Crippen LogP contribution < -0.4 is 10.6 Å². The summed E-state index contributed by atoms with van der Waals surface area (Å²) in [5, 5.41) is 5.80. The number of thiol groups is 1. The van der Waals surface area contributed by atoms with Crippen LogP contribution >= 0.6 is 12.6 Å². The predicted molar refractivity (Wildman–Crippen MR) is 166 cm³/mol. The van der Waals surface area contributed by atoms with E-state index in [4.69, 9.17) is 4.74 Å². The van der Waals surface area contributed by atoms with Crippen LogP contribution in [0.25, 0.3) is 0 Å². The van der Waals surface area contributed by atoms with Crippen LogP contribution in [0.4, 0.5) is 10.5 Å². The van der Waals surface area contributed by atoms with E-state index in [1.807, 2.05) is 64.1 Å². The number of anilines is 1. The molecule has 8 heteroatoms. The highest BCUT2D eigenvalue weighted by atomic mass is 32.1. The number of nitrogens with zero attached hydrogens (tertiary/aromatic N) is 1. The molecule has 2 aromatic rings. The molecule has 2 unspecified atom stereocenters. The number of ether oxygens (including phenoxy) is 1. The molecule has 2 rings (SSSR count). The maximum atomic E-state index is 14.2. The first-order chi connectivity index (χ1) is 18.8. The average molecular weight is 570 g/mol. The summed E-state index contributed by atoms with van der Waals surface area (Å²) < 4.78 is 5.41. The molecule has 0 saturated carbocycles. The summed E-state index contributed by atoms with van der Waals surface area (Å²) in [7, 11) is 0. The van der Waals surface area contributed by atoms with Gasteiger partial charge in [0.1, 0.15) is 17.7 Å². The van der Waals surface area contributed by atoms with Gasteiger partial charge in [0, 0.05) is 18.0 Å². The number of para-hydroxylation sites is 1. The Labute approximate surface area is 245 Å². The van der Waals surface area contributed by atoms with Crippen molar-refractivity contribution in [1.82, 2.24) is 10.2 Å². The number of carbonyl (C=O) groups is 3. The number of carbonyl (C=O) groups excluding carboxylic acids is 3. The quantitative estimate of drug-likeness (QED) is 0.193. The molecule has 0 aliphatic rings. The topological polar surface area (TPSA) is 87.7 Å². The summed E-state index contributed by atoms with van der Waals surface area (Å²) in [6.45, 7) is 15.6. The summed E-state index contributed by atoms with van der Waals surface area (Å²) in [6, 6.07) is 9.91. The van der Waals surface area contributed by atoms with Crippen molar-refractivity contribution in [2.24, 2.45) is 0 Å². The van der Waals surface area contributed by atoms with E-state index in [-0.39, 0.29) is 17.6 Å². The van der Waals surface area contributed by atoms with E-state index in [9.17, 15) is 14.4 Å². The van der Waals surface area contributed by atoms with Crippen molar-refractivity contribution in [3.05, 3.63) is 64.2 Å². The molecule has 0 fully saturated rings. The molecule has 0 radical (unpaired) electrons. The molecule has 7 nitrogen and oxygen atoms in total. The number of alkyl carbamates (subject to hydrolysis) is 1. The molecule has 2 N–H and O–H groups in total. The Balaban J connectivity index is 2.57. The lowest BCUT2D eigenvalue weighted by molar-refractivity contribution is -0.140. The second-order valence-electron chi connectivity index (χ2n) is 11.6. The molecule has 0 spiro atoms. The first kappa shape index (κ1) is 33.2. The highest BCUT2D eigenvalue weighted by Gasteiger charge is 2.36. The zero-order valence-corrected chi connectivity index (χ0v) is 26.3. The Hall–Kier alpha value is -3.00. The van der Waals surface area contributed by atoms with Crippen molar-refractivity contribution >= 4 is 36.2 Å². The van der Waals surface area contributed by atoms with E-state index in [0.29, 0.717) is 6.54 Å². The van der Waals surface area contributed by atoms with Gasteiger partial charge in [-0.15, -0.1) is 0 Å². The van der Waals surface area contributed by atoms with E-state index >= 15 is 0 Å². The molecule has 2 aromatic carbocycles. The van der Waals surface area contributed by atoms with E-state index in [2.05, 4.69) is 30.2 Å². The molecule has 0 heterocycles. The second-order valence-corrected chi connectivity index (χ2v) is 11.9. The zero-order chi connectivity index (χ0) is 30.0. The Morgan fingerprint density at radius 1 is 0.950 bits per heavy atom. The SMILES string of the molecule is CCCCCCN(C(=O)C(CS)NC(=O)OC(C)(C)C)C(C(=O)Nc1c(C)cccc1C)c1cc(C)cc(C)c1. The fourth-order valence-electron chi connectivity index (χ4n) is 4.75. The summed E-state index contributed by atoms with van der Waals surface area (Å²) in [6.07, 6.45) is 3.01. The first-order valence-corrected chi connectivity index (χ1v) is 14.8. The summed E-state index contributed by atoms with van der Waals surface area (Å²) in [4.78, 5) is 42.5. The second kappa shape index (κ2) is 15.1. The predicted octanol–water partition coefficient (Wildman–Crippen LogP) is 6.83. The van der Waals surface area contributed by atoms with Crippen molar-refractivity contribution in [3.63, 3.8) is 0 Å². The van der Waals surface area contributed by atoms with E-state index in [1.54, 1.807) is 25.7 Å². The van der Waals surface area contributed by atoms with E-state index in [1.165, 1.54) is 0 Å². The van der Waals surface area contributed by atoms with Gasteiger partial charge < -0.3 is 20.3 Å². The molecule has 0 bridgehead atoms. The largest absolute Gasteiger partial charge is 0.444 e. The van der Waals surface area contributed by atoms with Crippen molar-refractivity contribution < 1.29 is 19.1 Å². The lowest BCUT2D eigenvalue weighted by Gasteiger charge is -2.34. The Morgan fingerprint density at radius 3 is 2.08 bits per heavy atom. The number of hydrogen-bond acceptors (Lipinski definition) is 5. The number of amides is 3. The Bertz CT molecular complexity index is 1130. The number of benzene rings is 2. The Kier molecular flexibility index (Phi) is 12.6. The van der Waals surface area contributed by atoms with E-state index in [0.717, 1.165) is 59.2 Å². The molecule has 220 valence electrons. The third-order valence-corrected chi connectivity index (χ3v) is 6.92. The van der Waals surface area contributed by atoms with Crippen LogP contribution in [0.5, 0.6) is 0 Å². The fraction of sp³-hybridized carbons (Fsp3) is 0.531. The fourth-order valence-corrected chi connectivity index (χ4v) is 5.00. The average Bonchev–Trinajstić information content (AvgIpc) is 2.84. The monoisotopic (exact) mass is 569 g/mol. The molecule has 40 heavy (non-hydrogen) atoms. The van der Waals surface area contributed by atoms with Crippen LogP contribution in [0.1, 0.15) is 87.2 Å². The summed E-state index contributed by atoms with van der Waals surface area (Å²) in [5.74, 6) is -0.624. The smallest absolute Gasteiger partial charge is 0.408 e. The molecular formula is C32H47N3O4S. The van der Waals surface area contributed by atoms with Gasteiger partial charge in [-0.1, -0.05) is 73.7 Å². The minimum atomic E-state index is -0.967. The van der Waals surface area contributed by atoms with Crippen LogP contribution in [-0.2, 0) is 14.3 Å². The Morgan fingerprint density at radius 2 is 1.55 bits per heavy atom. The first-order valence-electron chi connectivity index (χ1n) is 14.1. The third-order valence-electron chi connectivity index (χ3n) is 6.56. The zero-order valence-electron chi connectivity index (χ0n) is 25.4. The van der Waals surface area contributed by atoms with Gasteiger partial charge in [0.15, 0.2) is 0 Å². The molecule has 2 atom stereocenters. The van der Waals surface area contributed by atoms with Gasteiger partial charge in [0.25, 0.3) is 5.91 Å². The standard InChI is InChI=1S/C32H47N3O4S/c1-9-10-11-12-16-35(30(37)26(20-40)33-31(38)39-32(6,7)8)28(25-18-21(2)17-22(3)19-25)29(36)34-27-23(4)14-13-15-24(27)5/h13-15,17-19,26,28,40H,9-12,16,20H2,1-8H3,(H,33,38)(H,34,36). The van der Waals surface area contributed by atoms with Gasteiger partial charge in [-0.3, -0.25) is 9.59 Å². The minimum Gasteiger partial charge on any atom is -0.444 e. The lowest BCUT2D eigenvalue weighted by Crippen LogP contribution is -2.53. The van der Waals surface area contributed by atoms with Gasteiger partial charge in [-0.25, -0.2) is 4.79 Å². The summed E-state index contributed by atoms with van der Waals surface area (Å²) >= 11 is 4.39. The van der Waals surface area contributed by atoms with Crippen LogP contribution in [0.15, 0.2) is 36.4 Å².